The van der Waals surface area contributed by atoms with E-state index in [4.69, 9.17) is 10.1 Å². The fraction of sp³-hybridized carbons (Fsp3) is 0.400. The van der Waals surface area contributed by atoms with E-state index in [2.05, 4.69) is 119 Å². The van der Waals surface area contributed by atoms with Crippen molar-refractivity contribution in [1.82, 2.24) is 4.98 Å². The van der Waals surface area contributed by atoms with E-state index >= 15 is 0 Å². The van der Waals surface area contributed by atoms with E-state index in [0.717, 1.165) is 37.1 Å². The molecule has 4 aromatic rings. The van der Waals surface area contributed by atoms with Crippen LogP contribution in [0.1, 0.15) is 142 Å². The van der Waals surface area contributed by atoms with Gasteiger partial charge >= 0.3 is 5.97 Å². The molecule has 2 atom stereocenters. The molecule has 1 radical (unpaired) electrons. The van der Waals surface area contributed by atoms with E-state index in [9.17, 15) is 15.0 Å². The number of pyridine rings is 1. The number of hydrogen-bond acceptors (Lipinski definition) is 6. The Bertz CT molecular complexity index is 1560. The quantitative estimate of drug-likeness (QED) is 0.130. The standard InChI is InChI=1S/C27H35N3.C13H16O4.Co/c1-18(2)22-12-7-9-14-26(22)28-20(5)24-16-11-17-25(30-24)21(6)29-27-15-10-8-13-23(27)19(3)4;14-10-7-6-9(8-4-2-1-3-5-8)11(12(10)15)13(16)17;/h7-21,28-29H,1-6H3;6-8,14-15H,1-5H2,(H,16,17);/p-1. The summed E-state index contributed by atoms with van der Waals surface area (Å²) in [5, 5.41) is 37.4. The van der Waals surface area contributed by atoms with Crippen LogP contribution >= 0.6 is 0 Å². The molecule has 0 bridgehead atoms. The summed E-state index contributed by atoms with van der Waals surface area (Å²) >= 11 is 0. The van der Waals surface area contributed by atoms with Crippen LogP contribution in [0.15, 0.2) is 78.9 Å². The van der Waals surface area contributed by atoms with E-state index in [1.165, 1.54) is 35.0 Å². The summed E-state index contributed by atoms with van der Waals surface area (Å²) < 4.78 is 0. The fourth-order valence-corrected chi connectivity index (χ4v) is 6.39. The minimum atomic E-state index is -1.24. The van der Waals surface area contributed by atoms with E-state index < -0.39 is 17.5 Å². The minimum Gasteiger partial charge on any atom is -0.869 e. The number of para-hydroxylation sites is 2. The molecule has 4 N–H and O–H groups in total. The van der Waals surface area contributed by atoms with Gasteiger partial charge in [0.1, 0.15) is 5.75 Å². The summed E-state index contributed by atoms with van der Waals surface area (Å²) in [5.74, 6) is -1.40. The second-order valence-corrected chi connectivity index (χ2v) is 13.2. The third kappa shape index (κ3) is 9.77. The molecule has 0 aliphatic heterocycles. The zero-order chi connectivity index (χ0) is 34.1. The molecule has 8 heteroatoms. The molecule has 1 fully saturated rings. The van der Waals surface area contributed by atoms with Crippen LogP contribution in [0.5, 0.6) is 11.5 Å². The first kappa shape index (κ1) is 38.4. The molecule has 5 rings (SSSR count). The second kappa shape index (κ2) is 17.9. The molecule has 1 saturated carbocycles. The van der Waals surface area contributed by atoms with Crippen molar-refractivity contribution in [2.24, 2.45) is 0 Å². The van der Waals surface area contributed by atoms with E-state index in [1.807, 2.05) is 0 Å². The molecule has 0 saturated heterocycles. The van der Waals surface area contributed by atoms with Gasteiger partial charge in [-0.3, -0.25) is 4.98 Å². The Kier molecular flexibility index (Phi) is 14.4. The van der Waals surface area contributed by atoms with Crippen molar-refractivity contribution in [2.45, 2.75) is 103 Å². The summed E-state index contributed by atoms with van der Waals surface area (Å²) in [7, 11) is 0. The van der Waals surface area contributed by atoms with Crippen LogP contribution in [0.2, 0.25) is 0 Å². The molecule has 1 aliphatic rings. The number of carbonyl (C=O) groups is 1. The molecular formula is C40H50CoN3O4-. The van der Waals surface area contributed by atoms with E-state index in [1.54, 1.807) is 6.07 Å². The van der Waals surface area contributed by atoms with Gasteiger partial charge in [0.05, 0.1) is 29.0 Å². The second-order valence-electron chi connectivity index (χ2n) is 13.2. The van der Waals surface area contributed by atoms with Crippen LogP contribution in [-0.4, -0.2) is 21.2 Å². The number of hydrogen-bond donors (Lipinski definition) is 4. The maximum atomic E-state index is 11.6. The number of aromatic nitrogens is 1. The largest absolute Gasteiger partial charge is 0.869 e. The average Bonchev–Trinajstić information content (AvgIpc) is 3.06. The van der Waals surface area contributed by atoms with E-state index in [-0.39, 0.29) is 40.3 Å². The average molecular weight is 696 g/mol. The zero-order valence-electron chi connectivity index (χ0n) is 28.9. The minimum absolute atomic E-state index is 0. The fourth-order valence-electron chi connectivity index (χ4n) is 6.39. The molecule has 48 heavy (non-hydrogen) atoms. The van der Waals surface area contributed by atoms with Gasteiger partial charge in [0.2, 0.25) is 0 Å². The predicted molar refractivity (Wildman–Crippen MR) is 190 cm³/mol. The first-order valence-corrected chi connectivity index (χ1v) is 16.9. The van der Waals surface area contributed by atoms with Gasteiger partial charge in [0.15, 0.2) is 0 Å². The first-order valence-electron chi connectivity index (χ1n) is 16.9. The molecule has 2 unspecified atom stereocenters. The van der Waals surface area contributed by atoms with Crippen molar-refractivity contribution in [1.29, 1.82) is 0 Å². The van der Waals surface area contributed by atoms with Gasteiger partial charge in [-0.15, -0.1) is 0 Å². The van der Waals surface area contributed by atoms with Crippen molar-refractivity contribution in [2.75, 3.05) is 10.6 Å². The third-order valence-electron chi connectivity index (χ3n) is 9.02. The Labute approximate surface area is 296 Å². The van der Waals surface area contributed by atoms with Crippen LogP contribution in [0.25, 0.3) is 0 Å². The summed E-state index contributed by atoms with van der Waals surface area (Å²) in [5.41, 5.74) is 7.47. The summed E-state index contributed by atoms with van der Waals surface area (Å²) in [6, 6.07) is 26.5. The molecule has 259 valence electrons. The summed E-state index contributed by atoms with van der Waals surface area (Å²) in [6.45, 7) is 13.3. The number of phenols is 1. The summed E-state index contributed by atoms with van der Waals surface area (Å²) in [6.07, 6.45) is 5.15. The number of phenolic OH excluding ortho intramolecular Hbond substituents is 1. The van der Waals surface area contributed by atoms with Crippen LogP contribution < -0.4 is 15.7 Å². The van der Waals surface area contributed by atoms with Gasteiger partial charge in [-0.1, -0.05) is 101 Å². The smallest absolute Gasteiger partial charge is 0.335 e. The number of anilines is 2. The molecule has 1 aromatic heterocycles. The van der Waals surface area contributed by atoms with Gasteiger partial charge in [-0.05, 0) is 91.5 Å². The molecule has 0 amide bonds. The molecule has 0 spiro atoms. The predicted octanol–water partition coefficient (Wildman–Crippen LogP) is 9.88. The SMILES string of the molecule is CC(C)c1ccccc1NC(C)c1cccc(C(C)Nc2ccccc2C(C)C)n1.O=C(O)c1c(C2CCCCC2)ccc(O)c1[O-].[Co]. The van der Waals surface area contributed by atoms with Gasteiger partial charge < -0.3 is 26.0 Å². The van der Waals surface area contributed by atoms with Gasteiger partial charge in [0.25, 0.3) is 0 Å². The van der Waals surface area contributed by atoms with Crippen LogP contribution in [0.3, 0.4) is 0 Å². The molecule has 3 aromatic carbocycles. The van der Waals surface area contributed by atoms with Crippen molar-refractivity contribution < 1.29 is 36.9 Å². The molecule has 7 nitrogen and oxygen atoms in total. The Morgan fingerprint density at radius 2 is 1.21 bits per heavy atom. The van der Waals surface area contributed by atoms with Gasteiger partial charge in [-0.25, -0.2) is 4.79 Å². The van der Waals surface area contributed by atoms with Crippen molar-refractivity contribution in [3.63, 3.8) is 0 Å². The molecule has 1 aliphatic carbocycles. The Balaban J connectivity index is 0.000000295. The van der Waals surface area contributed by atoms with Crippen LogP contribution in [0, 0.1) is 0 Å². The number of aromatic hydroxyl groups is 1. The number of nitrogens with one attached hydrogen (secondary N) is 2. The van der Waals surface area contributed by atoms with Gasteiger partial charge in [0, 0.05) is 28.2 Å². The maximum Gasteiger partial charge on any atom is 0.335 e. The van der Waals surface area contributed by atoms with Crippen molar-refractivity contribution in [3.8, 4) is 11.5 Å². The van der Waals surface area contributed by atoms with Crippen LogP contribution in [0.4, 0.5) is 11.4 Å². The number of benzene rings is 3. The molecular weight excluding hydrogens is 645 g/mol. The monoisotopic (exact) mass is 695 g/mol. The van der Waals surface area contributed by atoms with Crippen molar-refractivity contribution >= 4 is 17.3 Å². The van der Waals surface area contributed by atoms with Crippen LogP contribution in [-0.2, 0) is 16.8 Å². The Hall–Kier alpha value is -4.01. The van der Waals surface area contributed by atoms with Crippen molar-refractivity contribution in [3.05, 3.63) is 113 Å². The zero-order valence-corrected chi connectivity index (χ0v) is 30.0. The Morgan fingerprint density at radius 1 is 0.729 bits per heavy atom. The third-order valence-corrected chi connectivity index (χ3v) is 9.02. The Morgan fingerprint density at radius 3 is 1.67 bits per heavy atom. The van der Waals surface area contributed by atoms with Gasteiger partial charge in [-0.2, -0.15) is 0 Å². The molecule has 1 heterocycles. The van der Waals surface area contributed by atoms with E-state index in [0.29, 0.717) is 17.4 Å². The number of carboxylic acid groups (broad SMARTS) is 1. The number of nitrogens with zero attached hydrogens (tertiary/aromatic N) is 1. The normalized spacial score (nSPS) is 14.3. The number of aromatic carboxylic acids is 1. The first-order chi connectivity index (χ1) is 22.5. The number of carboxylic acids is 1. The maximum absolute atomic E-state index is 11.6. The summed E-state index contributed by atoms with van der Waals surface area (Å²) in [4.78, 5) is 16.1. The number of rotatable bonds is 10. The topological polar surface area (TPSA) is 118 Å².